The second-order valence-corrected chi connectivity index (χ2v) is 6.08. The van der Waals surface area contributed by atoms with E-state index < -0.39 is 24.0 Å². The molecule has 2 aliphatic rings. The minimum absolute atomic E-state index is 0.373. The van der Waals surface area contributed by atoms with Gasteiger partial charge in [0.2, 0.25) is 0 Å². The standard InChI is InChI=1S/C15H18N4O4/c1-15(22)11(21)9(6-20)23-14(15)19-5-8-3-2-4-16-12-10(8)13(19)18-7-17-12/h2-3,5,7,9,11,14,20-22H,4,6H2,1H3,(H,16,17,18)/t9-,11-,14-,15+/m1/s1. The van der Waals surface area contributed by atoms with E-state index >= 15 is 0 Å². The Kier molecular flexibility index (Phi) is 3.17. The molecule has 2 aromatic rings. The van der Waals surface area contributed by atoms with E-state index in [1.54, 1.807) is 4.57 Å². The first-order valence-corrected chi connectivity index (χ1v) is 7.46. The Labute approximate surface area is 132 Å². The average Bonchev–Trinajstić information content (AvgIpc) is 2.90. The summed E-state index contributed by atoms with van der Waals surface area (Å²) in [6.07, 6.45) is 4.29. The first-order valence-electron chi connectivity index (χ1n) is 7.46. The maximum absolute atomic E-state index is 10.7. The van der Waals surface area contributed by atoms with E-state index in [0.717, 1.165) is 10.9 Å². The normalized spacial score (nSPS) is 33.0. The number of aliphatic hydroxyl groups excluding tert-OH is 2. The Hall–Kier alpha value is -2.00. The van der Waals surface area contributed by atoms with Crippen LogP contribution in [-0.2, 0) is 4.74 Å². The third-order valence-corrected chi connectivity index (χ3v) is 4.51. The first kappa shape index (κ1) is 14.6. The SMILES string of the molecule is C[C@]1(O)[C@H](O)[C@@H](CO)O[C@H]1n1cc2c3c(ncnc31)NCC=C2. The average molecular weight is 318 g/mol. The van der Waals surface area contributed by atoms with Gasteiger partial charge in [0, 0.05) is 18.3 Å². The van der Waals surface area contributed by atoms with Crippen LogP contribution >= 0.6 is 0 Å². The van der Waals surface area contributed by atoms with Crippen molar-refractivity contribution in [1.82, 2.24) is 14.5 Å². The van der Waals surface area contributed by atoms with Crippen LogP contribution in [-0.4, -0.2) is 60.8 Å². The van der Waals surface area contributed by atoms with Crippen molar-refractivity contribution in [3.63, 3.8) is 0 Å². The molecule has 0 spiro atoms. The Balaban J connectivity index is 1.90. The molecule has 4 rings (SSSR count). The molecule has 8 nitrogen and oxygen atoms in total. The number of rotatable bonds is 2. The van der Waals surface area contributed by atoms with Crippen molar-refractivity contribution in [3.05, 3.63) is 24.2 Å². The molecule has 0 saturated carbocycles. The van der Waals surface area contributed by atoms with E-state index in [2.05, 4.69) is 15.3 Å². The highest BCUT2D eigenvalue weighted by molar-refractivity contribution is 5.96. The quantitative estimate of drug-likeness (QED) is 0.610. The van der Waals surface area contributed by atoms with Crippen molar-refractivity contribution in [3.8, 4) is 0 Å². The fraction of sp³-hybridized carbons (Fsp3) is 0.467. The van der Waals surface area contributed by atoms with Crippen molar-refractivity contribution in [2.24, 2.45) is 0 Å². The molecular formula is C15H18N4O4. The second-order valence-electron chi connectivity index (χ2n) is 6.08. The number of nitrogens with one attached hydrogen (secondary N) is 1. The molecule has 0 radical (unpaired) electrons. The summed E-state index contributed by atoms with van der Waals surface area (Å²) in [5.74, 6) is 0.714. The molecule has 122 valence electrons. The summed E-state index contributed by atoms with van der Waals surface area (Å²) in [6, 6.07) is 0. The Bertz CT molecular complexity index is 785. The van der Waals surface area contributed by atoms with Gasteiger partial charge in [-0.15, -0.1) is 0 Å². The van der Waals surface area contributed by atoms with Crippen LogP contribution < -0.4 is 5.32 Å². The zero-order valence-electron chi connectivity index (χ0n) is 12.5. The summed E-state index contributed by atoms with van der Waals surface area (Å²) < 4.78 is 7.38. The Morgan fingerprint density at radius 2 is 2.30 bits per heavy atom. The van der Waals surface area contributed by atoms with Crippen LogP contribution in [0.5, 0.6) is 0 Å². The molecule has 2 aromatic heterocycles. The molecule has 0 aromatic carbocycles. The van der Waals surface area contributed by atoms with Gasteiger partial charge >= 0.3 is 0 Å². The molecule has 8 heteroatoms. The van der Waals surface area contributed by atoms with Crippen LogP contribution in [0.2, 0.25) is 0 Å². The lowest BCUT2D eigenvalue weighted by Gasteiger charge is -2.27. The van der Waals surface area contributed by atoms with E-state index in [0.29, 0.717) is 18.0 Å². The minimum atomic E-state index is -1.55. The molecule has 0 unspecified atom stereocenters. The maximum atomic E-state index is 10.7. The molecule has 4 atom stereocenters. The highest BCUT2D eigenvalue weighted by Gasteiger charge is 2.53. The van der Waals surface area contributed by atoms with Gasteiger partial charge in [-0.25, -0.2) is 9.97 Å². The van der Waals surface area contributed by atoms with Gasteiger partial charge in [-0.05, 0) is 6.92 Å². The van der Waals surface area contributed by atoms with Gasteiger partial charge < -0.3 is 29.9 Å². The van der Waals surface area contributed by atoms with Crippen molar-refractivity contribution in [1.29, 1.82) is 0 Å². The van der Waals surface area contributed by atoms with Crippen LogP contribution in [0, 0.1) is 0 Å². The Morgan fingerprint density at radius 1 is 1.48 bits per heavy atom. The lowest BCUT2D eigenvalue weighted by molar-refractivity contribution is -0.0948. The molecule has 0 bridgehead atoms. The smallest absolute Gasteiger partial charge is 0.167 e. The van der Waals surface area contributed by atoms with Crippen LogP contribution in [0.25, 0.3) is 17.1 Å². The van der Waals surface area contributed by atoms with Crippen molar-refractivity contribution in [2.45, 2.75) is 31.0 Å². The van der Waals surface area contributed by atoms with E-state index in [4.69, 9.17) is 4.74 Å². The molecular weight excluding hydrogens is 300 g/mol. The first-order chi connectivity index (χ1) is 11.0. The van der Waals surface area contributed by atoms with Crippen molar-refractivity contribution in [2.75, 3.05) is 18.5 Å². The number of ether oxygens (including phenoxy) is 1. The van der Waals surface area contributed by atoms with Crippen LogP contribution in [0.4, 0.5) is 5.82 Å². The molecule has 1 saturated heterocycles. The van der Waals surface area contributed by atoms with E-state index in [-0.39, 0.29) is 6.61 Å². The molecule has 1 fully saturated rings. The lowest BCUT2D eigenvalue weighted by Crippen LogP contribution is -2.44. The molecule has 4 heterocycles. The summed E-state index contributed by atoms with van der Waals surface area (Å²) in [5.41, 5.74) is -0.0507. The molecule has 0 amide bonds. The topological polar surface area (TPSA) is 113 Å². The predicted octanol–water partition coefficient (Wildman–Crippen LogP) is -0.128. The monoisotopic (exact) mass is 318 g/mol. The third kappa shape index (κ3) is 1.99. The number of aliphatic hydroxyl groups is 3. The summed E-state index contributed by atoms with van der Waals surface area (Å²) in [5, 5.41) is 34.2. The molecule has 23 heavy (non-hydrogen) atoms. The van der Waals surface area contributed by atoms with Crippen LogP contribution in [0.1, 0.15) is 18.7 Å². The summed E-state index contributed by atoms with van der Waals surface area (Å²) in [4.78, 5) is 8.57. The van der Waals surface area contributed by atoms with Gasteiger partial charge in [-0.1, -0.05) is 12.2 Å². The van der Waals surface area contributed by atoms with E-state index in [1.807, 2.05) is 18.3 Å². The maximum Gasteiger partial charge on any atom is 0.167 e. The zero-order valence-corrected chi connectivity index (χ0v) is 12.5. The van der Waals surface area contributed by atoms with E-state index in [1.165, 1.54) is 13.3 Å². The summed E-state index contributed by atoms with van der Waals surface area (Å²) in [6.45, 7) is 1.79. The van der Waals surface area contributed by atoms with Gasteiger partial charge in [0.05, 0.1) is 12.0 Å². The number of anilines is 1. The van der Waals surface area contributed by atoms with Gasteiger partial charge in [-0.3, -0.25) is 0 Å². The van der Waals surface area contributed by atoms with Crippen LogP contribution in [0.3, 0.4) is 0 Å². The summed E-state index contributed by atoms with van der Waals surface area (Å²) >= 11 is 0. The Morgan fingerprint density at radius 3 is 3.04 bits per heavy atom. The van der Waals surface area contributed by atoms with Crippen LogP contribution in [0.15, 0.2) is 18.6 Å². The number of aromatic nitrogens is 3. The van der Waals surface area contributed by atoms with Crippen molar-refractivity contribution >= 4 is 22.9 Å². The number of nitrogens with zero attached hydrogens (tertiary/aromatic N) is 3. The zero-order chi connectivity index (χ0) is 16.2. The highest BCUT2D eigenvalue weighted by atomic mass is 16.6. The fourth-order valence-electron chi connectivity index (χ4n) is 3.28. The number of hydrogen-bond donors (Lipinski definition) is 4. The minimum Gasteiger partial charge on any atom is -0.394 e. The largest absolute Gasteiger partial charge is 0.394 e. The molecule has 4 N–H and O–H groups in total. The third-order valence-electron chi connectivity index (χ3n) is 4.51. The van der Waals surface area contributed by atoms with Gasteiger partial charge in [-0.2, -0.15) is 0 Å². The second kappa shape index (κ2) is 5.00. The summed E-state index contributed by atoms with van der Waals surface area (Å²) in [7, 11) is 0. The van der Waals surface area contributed by atoms with Gasteiger partial charge in [0.15, 0.2) is 6.23 Å². The van der Waals surface area contributed by atoms with E-state index in [9.17, 15) is 15.3 Å². The van der Waals surface area contributed by atoms with Gasteiger partial charge in [0.1, 0.15) is 35.6 Å². The highest BCUT2D eigenvalue weighted by Crippen LogP contribution is 2.41. The van der Waals surface area contributed by atoms with Gasteiger partial charge in [0.25, 0.3) is 0 Å². The fourth-order valence-corrected chi connectivity index (χ4v) is 3.28. The lowest BCUT2D eigenvalue weighted by atomic mass is 9.96. The molecule has 2 aliphatic heterocycles. The predicted molar refractivity (Wildman–Crippen MR) is 82.7 cm³/mol. The number of hydrogen-bond acceptors (Lipinski definition) is 7. The molecule has 0 aliphatic carbocycles. The van der Waals surface area contributed by atoms with Crippen molar-refractivity contribution < 1.29 is 20.1 Å².